The third-order valence-electron chi connectivity index (χ3n) is 7.23. The Hall–Kier alpha value is -4.29. The van der Waals surface area contributed by atoms with E-state index >= 15 is 0 Å². The van der Waals surface area contributed by atoms with Crippen LogP contribution in [0.1, 0.15) is 48.9 Å². The Morgan fingerprint density at radius 3 is 2.13 bits per heavy atom. The normalized spacial score (nSPS) is 12.8. The molecule has 17 heteroatoms. The second kappa shape index (κ2) is 24.1. The molecule has 0 aliphatic carbocycles. The summed E-state index contributed by atoms with van der Waals surface area (Å²) in [6, 6.07) is 18.0. The maximum atomic E-state index is 14.0. The number of amides is 2. The van der Waals surface area contributed by atoms with Gasteiger partial charge in [-0.05, 0) is 53.6 Å². The molecule has 0 aliphatic rings. The summed E-state index contributed by atoms with van der Waals surface area (Å²) in [6.07, 6.45) is -4.57. The smallest absolute Gasteiger partial charge is 0.475 e. The van der Waals surface area contributed by atoms with Crippen molar-refractivity contribution in [3.05, 3.63) is 107 Å². The van der Waals surface area contributed by atoms with Crippen LogP contribution in [0, 0.1) is 11.6 Å². The zero-order valence-electron chi connectivity index (χ0n) is 29.2. The van der Waals surface area contributed by atoms with Gasteiger partial charge in [-0.2, -0.15) is 17.5 Å². The van der Waals surface area contributed by atoms with Crippen molar-refractivity contribution in [2.45, 2.75) is 77.0 Å². The second-order valence-electron chi connectivity index (χ2n) is 11.6. The van der Waals surface area contributed by atoms with Crippen molar-refractivity contribution >= 4 is 30.0 Å². The number of carbonyl (C=O) groups is 3. The average Bonchev–Trinajstić information content (AvgIpc) is 3.11. The van der Waals surface area contributed by atoms with Crippen LogP contribution in [0.25, 0.3) is 0 Å². The molecule has 5 N–H and O–H groups in total. The maximum Gasteiger partial charge on any atom is 0.490 e. The first kappa shape index (κ1) is 44.9. The Kier molecular flexibility index (Phi) is 20.4. The highest BCUT2D eigenvalue weighted by Gasteiger charge is 2.38. The molecule has 3 aromatic rings. The minimum atomic E-state index is -5.08. The number of carboxylic acid groups (broad SMARTS) is 1. The summed E-state index contributed by atoms with van der Waals surface area (Å²) in [4.78, 5) is 40.2. The van der Waals surface area contributed by atoms with Crippen molar-refractivity contribution in [2.24, 2.45) is 0 Å². The van der Waals surface area contributed by atoms with E-state index in [4.69, 9.17) is 23.9 Å². The van der Waals surface area contributed by atoms with E-state index in [1.165, 1.54) is 5.56 Å². The minimum absolute atomic E-state index is 0.00983. The summed E-state index contributed by atoms with van der Waals surface area (Å²) < 4.78 is 70.2. The summed E-state index contributed by atoms with van der Waals surface area (Å²) in [5.74, 6) is -5.02. The minimum Gasteiger partial charge on any atom is -0.475 e. The van der Waals surface area contributed by atoms with E-state index in [1.54, 1.807) is 12.1 Å². The molecule has 0 saturated carbocycles. The maximum absolute atomic E-state index is 14.0. The van der Waals surface area contributed by atoms with E-state index < -0.39 is 54.0 Å². The van der Waals surface area contributed by atoms with Gasteiger partial charge in [-0.25, -0.2) is 23.3 Å². The Bertz CT molecular complexity index is 1530. The zero-order chi connectivity index (χ0) is 39.2. The van der Waals surface area contributed by atoms with E-state index in [1.807, 2.05) is 43.3 Å². The molecule has 3 atom stereocenters. The lowest BCUT2D eigenvalue weighted by atomic mass is 10.00. The Balaban J connectivity index is 0.00000126. The van der Waals surface area contributed by atoms with E-state index in [0.29, 0.717) is 13.2 Å². The monoisotopic (exact) mass is 773 g/mol. The van der Waals surface area contributed by atoms with Crippen LogP contribution in [-0.4, -0.2) is 71.5 Å². The van der Waals surface area contributed by atoms with Crippen LogP contribution in [0.2, 0.25) is 0 Å². The van der Waals surface area contributed by atoms with Crippen molar-refractivity contribution in [3.63, 3.8) is 0 Å². The second-order valence-corrected chi connectivity index (χ2v) is 12.3. The number of aliphatic carboxylic acids is 1. The van der Waals surface area contributed by atoms with Gasteiger partial charge in [0.05, 0.1) is 24.5 Å². The van der Waals surface area contributed by atoms with Gasteiger partial charge < -0.3 is 30.9 Å². The van der Waals surface area contributed by atoms with Gasteiger partial charge in [0.2, 0.25) is 5.91 Å². The fourth-order valence-electron chi connectivity index (χ4n) is 4.47. The molecule has 0 spiro atoms. The van der Waals surface area contributed by atoms with Crippen LogP contribution < -0.4 is 16.0 Å². The lowest BCUT2D eigenvalue weighted by molar-refractivity contribution is -0.192. The number of hydrogen-bond acceptors (Lipinski definition) is 9. The molecule has 0 fully saturated rings. The van der Waals surface area contributed by atoms with E-state index in [2.05, 4.69) is 28.9 Å². The highest BCUT2D eigenvalue weighted by molar-refractivity contribution is 7.94. The quantitative estimate of drug-likeness (QED) is 0.0302. The molecule has 0 bridgehead atoms. The summed E-state index contributed by atoms with van der Waals surface area (Å²) in [5, 5.41) is 26.8. The number of alkyl halides is 3. The largest absolute Gasteiger partial charge is 0.490 e. The lowest BCUT2D eigenvalue weighted by Gasteiger charge is -2.27. The van der Waals surface area contributed by atoms with Crippen LogP contribution in [0.3, 0.4) is 0 Å². The number of alkyl carbamates (subject to hydrolysis) is 1. The van der Waals surface area contributed by atoms with Gasteiger partial charge in [-0.3, -0.25) is 4.79 Å². The third-order valence-corrected chi connectivity index (χ3v) is 7.89. The number of carboxylic acids is 1. The molecule has 0 heterocycles. The van der Waals surface area contributed by atoms with Crippen LogP contribution in [0.5, 0.6) is 0 Å². The molecule has 3 rings (SSSR count). The van der Waals surface area contributed by atoms with E-state index in [-0.39, 0.29) is 30.9 Å². The van der Waals surface area contributed by atoms with Gasteiger partial charge in [-0.1, -0.05) is 74.9 Å². The Morgan fingerprint density at radius 2 is 1.51 bits per heavy atom. The molecule has 3 aromatic carbocycles. The zero-order valence-corrected chi connectivity index (χ0v) is 30.0. The summed E-state index contributed by atoms with van der Waals surface area (Å²) in [5.41, 5.74) is 3.21. The average molecular weight is 774 g/mol. The Morgan fingerprint density at radius 1 is 0.868 bits per heavy atom. The van der Waals surface area contributed by atoms with Gasteiger partial charge in [-0.15, -0.1) is 0 Å². The molecule has 0 aromatic heterocycles. The molecule has 2 amide bonds. The predicted octanol–water partition coefficient (Wildman–Crippen LogP) is 6.03. The molecular weight excluding hydrogens is 729 g/mol. The Labute approximate surface area is 308 Å². The summed E-state index contributed by atoms with van der Waals surface area (Å²) in [6.45, 7) is 4.95. The third kappa shape index (κ3) is 18.9. The first-order chi connectivity index (χ1) is 25.2. The SMILES string of the molecule is CCCCOOSC[C@H](NC(=O)OCc1ccccc1)C(=O)N[C@@H](Cc1cc(F)cc(F)c1)[C@H](O)CNCc1cccc(CC)c1.O=C(O)C(F)(F)F. The number of aliphatic hydroxyl groups is 1. The van der Waals surface area contributed by atoms with Crippen molar-refractivity contribution in [2.75, 3.05) is 18.9 Å². The number of hydrogen-bond donors (Lipinski definition) is 5. The van der Waals surface area contributed by atoms with Gasteiger partial charge in [0.25, 0.3) is 0 Å². The fourth-order valence-corrected chi connectivity index (χ4v) is 5.03. The number of ether oxygens (including phenoxy) is 1. The molecule has 53 heavy (non-hydrogen) atoms. The molecule has 11 nitrogen and oxygen atoms in total. The number of unbranched alkanes of at least 4 members (excludes halogenated alkanes) is 1. The fraction of sp³-hybridized carbons (Fsp3) is 0.417. The molecule has 0 radical (unpaired) electrons. The first-order valence-electron chi connectivity index (χ1n) is 16.6. The molecule has 0 saturated heterocycles. The number of carbonyl (C=O) groups excluding carboxylic acids is 2. The predicted molar refractivity (Wildman–Crippen MR) is 187 cm³/mol. The topological polar surface area (TPSA) is 155 Å². The molecule has 292 valence electrons. The van der Waals surface area contributed by atoms with Crippen molar-refractivity contribution in [3.8, 4) is 0 Å². The highest BCUT2D eigenvalue weighted by Crippen LogP contribution is 2.15. The molecule has 0 aliphatic heterocycles. The molecular formula is C36H44F5N3O8S. The van der Waals surface area contributed by atoms with Crippen LogP contribution in [0.15, 0.2) is 72.8 Å². The van der Waals surface area contributed by atoms with Crippen molar-refractivity contribution in [1.29, 1.82) is 0 Å². The van der Waals surface area contributed by atoms with Crippen molar-refractivity contribution < 1.29 is 60.5 Å². The molecule has 0 unspecified atom stereocenters. The summed E-state index contributed by atoms with van der Waals surface area (Å²) >= 11 is 0.827. The first-order valence-corrected chi connectivity index (χ1v) is 17.5. The number of nitrogens with one attached hydrogen (secondary N) is 3. The van der Waals surface area contributed by atoms with Gasteiger partial charge in [0.15, 0.2) is 0 Å². The highest BCUT2D eigenvalue weighted by atomic mass is 32.2. The lowest BCUT2D eigenvalue weighted by Crippen LogP contribution is -2.55. The van der Waals surface area contributed by atoms with E-state index in [9.17, 15) is 36.6 Å². The van der Waals surface area contributed by atoms with Gasteiger partial charge in [0.1, 0.15) is 24.3 Å². The van der Waals surface area contributed by atoms with E-state index in [0.717, 1.165) is 60.6 Å². The van der Waals surface area contributed by atoms with Crippen LogP contribution >= 0.6 is 12.0 Å². The number of halogens is 5. The standard InChI is InChI=1S/C34H43F2N3O6S.C2HF3O2/c1-3-5-14-44-45-46-23-31(39-34(42)43-22-25-10-7-6-8-11-25)33(41)38-30(18-27-16-28(35)19-29(36)17-27)32(40)21-37-20-26-13-9-12-24(4-2)15-26;3-2(4,5)1(6)7/h6-13,15-17,19,30-32,37,40H,3-5,14,18,20-23H2,1-2H3,(H,38,41)(H,39,42);(H,6,7)/t30-,31-,32+;/m0./s1. The number of aliphatic hydroxyl groups excluding tert-OH is 1. The van der Waals surface area contributed by atoms with Crippen LogP contribution in [0.4, 0.5) is 26.7 Å². The van der Waals surface area contributed by atoms with Crippen molar-refractivity contribution in [1.82, 2.24) is 16.0 Å². The van der Waals surface area contributed by atoms with Crippen LogP contribution in [-0.2, 0) is 49.5 Å². The van der Waals surface area contributed by atoms with Gasteiger partial charge in [0, 0.05) is 31.2 Å². The number of aryl methyl sites for hydroxylation is 1. The number of benzene rings is 3. The number of rotatable bonds is 20. The summed E-state index contributed by atoms with van der Waals surface area (Å²) in [7, 11) is 0. The van der Waals surface area contributed by atoms with Gasteiger partial charge >= 0.3 is 18.2 Å².